The van der Waals surface area contributed by atoms with Crippen molar-refractivity contribution >= 4 is 49.7 Å². The second-order valence-electron chi connectivity index (χ2n) is 10.1. The third-order valence-corrected chi connectivity index (χ3v) is 9.37. The van der Waals surface area contributed by atoms with Gasteiger partial charge in [-0.2, -0.15) is 4.37 Å². The van der Waals surface area contributed by atoms with Gasteiger partial charge in [0.25, 0.3) is 5.91 Å². The molecule has 0 spiro atoms. The van der Waals surface area contributed by atoms with E-state index in [1.807, 2.05) is 11.4 Å². The maximum absolute atomic E-state index is 12.9. The van der Waals surface area contributed by atoms with Crippen molar-refractivity contribution in [3.8, 4) is 11.3 Å². The molecule has 39 heavy (non-hydrogen) atoms. The lowest BCUT2D eigenvalue weighted by Gasteiger charge is -2.27. The van der Waals surface area contributed by atoms with Crippen LogP contribution in [0, 0.1) is 0 Å². The summed E-state index contributed by atoms with van der Waals surface area (Å²) in [5, 5.41) is 6.42. The average Bonchev–Trinajstić information content (AvgIpc) is 3.57. The summed E-state index contributed by atoms with van der Waals surface area (Å²) < 4.78 is 16.6. The molecule has 2 fully saturated rings. The number of pyridine rings is 1. The summed E-state index contributed by atoms with van der Waals surface area (Å²) in [7, 11) is 0. The summed E-state index contributed by atoms with van der Waals surface area (Å²) in [6.45, 7) is 2.74. The number of morpholine rings is 1. The molecule has 1 amide bonds. The topological polar surface area (TPSA) is 151 Å². The van der Waals surface area contributed by atoms with Gasteiger partial charge < -0.3 is 30.8 Å². The van der Waals surface area contributed by atoms with Gasteiger partial charge in [0.15, 0.2) is 5.58 Å². The Hall–Kier alpha value is -3.32. The first kappa shape index (κ1) is 25.9. The number of hydrogen-bond donors (Lipinski definition) is 3. The minimum atomic E-state index is -0.573. The van der Waals surface area contributed by atoms with Crippen LogP contribution in [0.4, 0.5) is 10.7 Å². The Balaban J connectivity index is 1.34. The second-order valence-corrected chi connectivity index (χ2v) is 11.8. The summed E-state index contributed by atoms with van der Waals surface area (Å²) in [4.78, 5) is 31.8. The van der Waals surface area contributed by atoms with Crippen molar-refractivity contribution in [2.24, 2.45) is 5.73 Å². The number of hydrogen-bond acceptors (Lipinski definition) is 10. The van der Waals surface area contributed by atoms with Crippen molar-refractivity contribution in [2.75, 3.05) is 36.5 Å². The van der Waals surface area contributed by atoms with Crippen LogP contribution in [0.25, 0.3) is 21.5 Å². The zero-order valence-electron chi connectivity index (χ0n) is 21.5. The van der Waals surface area contributed by atoms with Gasteiger partial charge in [0.1, 0.15) is 18.0 Å². The van der Waals surface area contributed by atoms with Gasteiger partial charge in [0.2, 0.25) is 5.43 Å². The SMILES string of the molecule is NC(=O)c1ncc(N[C@H]2CCCC[C@H]2[NH3+])cc1Cc1csnc1-c1coc2c(=O)cc(N3CCOCC3)sc12. The van der Waals surface area contributed by atoms with E-state index < -0.39 is 5.91 Å². The van der Waals surface area contributed by atoms with E-state index in [1.54, 1.807) is 18.5 Å². The van der Waals surface area contributed by atoms with E-state index in [0.717, 1.165) is 63.7 Å². The fourth-order valence-corrected chi connectivity index (χ4v) is 7.28. The Morgan fingerprint density at radius 2 is 2.03 bits per heavy atom. The maximum Gasteiger partial charge on any atom is 0.267 e. The highest BCUT2D eigenvalue weighted by atomic mass is 32.1. The molecule has 10 nitrogen and oxygen atoms in total. The maximum atomic E-state index is 12.9. The highest BCUT2D eigenvalue weighted by Crippen LogP contribution is 2.38. The molecule has 6 N–H and O–H groups in total. The number of furan rings is 1. The molecule has 204 valence electrons. The summed E-state index contributed by atoms with van der Waals surface area (Å²) >= 11 is 2.85. The lowest BCUT2D eigenvalue weighted by molar-refractivity contribution is -0.427. The van der Waals surface area contributed by atoms with Gasteiger partial charge in [-0.1, -0.05) is 6.42 Å². The Labute approximate surface area is 233 Å². The van der Waals surface area contributed by atoms with Crippen molar-refractivity contribution in [1.82, 2.24) is 9.36 Å². The number of nitrogens with zero attached hydrogens (tertiary/aromatic N) is 3. The fraction of sp³-hybridized carbons (Fsp3) is 0.407. The molecular formula is C27H31N6O4S2+. The largest absolute Gasteiger partial charge is 0.459 e. The van der Waals surface area contributed by atoms with Gasteiger partial charge in [0.05, 0.1) is 52.1 Å². The summed E-state index contributed by atoms with van der Waals surface area (Å²) in [5.41, 5.74) is 14.4. The highest BCUT2D eigenvalue weighted by molar-refractivity contribution is 7.22. The van der Waals surface area contributed by atoms with Gasteiger partial charge in [0, 0.05) is 37.4 Å². The van der Waals surface area contributed by atoms with Gasteiger partial charge >= 0.3 is 0 Å². The van der Waals surface area contributed by atoms with E-state index in [1.165, 1.54) is 35.7 Å². The molecule has 4 aromatic heterocycles. The lowest BCUT2D eigenvalue weighted by atomic mass is 9.91. The number of amides is 1. The first-order valence-corrected chi connectivity index (χ1v) is 14.8. The predicted molar refractivity (Wildman–Crippen MR) is 153 cm³/mol. The van der Waals surface area contributed by atoms with Crippen molar-refractivity contribution in [3.63, 3.8) is 0 Å². The molecule has 1 saturated heterocycles. The molecule has 0 aromatic carbocycles. The van der Waals surface area contributed by atoms with Crippen molar-refractivity contribution in [3.05, 3.63) is 57.0 Å². The molecule has 2 atom stereocenters. The van der Waals surface area contributed by atoms with Crippen molar-refractivity contribution in [2.45, 2.75) is 44.2 Å². The number of carbonyl (C=O) groups excluding carboxylic acids is 1. The first-order chi connectivity index (χ1) is 19.0. The minimum absolute atomic E-state index is 0.154. The van der Waals surface area contributed by atoms with Gasteiger partial charge in [-0.25, -0.2) is 4.98 Å². The standard InChI is InChI=1S/C27H30N6O4S2/c28-19-3-1-2-4-20(19)31-17-10-15(24(27(29)35)30-12-17)9-16-14-38-32-23(16)18-13-37-25-21(34)11-22(39-26(18)25)33-5-7-36-8-6-33/h10-14,19-20,31H,1-9,28H2,(H2,29,35)/p+1/t19-,20+/m1/s1. The van der Waals surface area contributed by atoms with E-state index in [2.05, 4.69) is 25.3 Å². The number of ether oxygens (including phenoxy) is 1. The quantitative estimate of drug-likeness (QED) is 0.308. The summed E-state index contributed by atoms with van der Waals surface area (Å²) in [5.74, 6) is -0.573. The van der Waals surface area contributed by atoms with Crippen LogP contribution in [0.5, 0.6) is 0 Å². The van der Waals surface area contributed by atoms with Crippen LogP contribution in [0.3, 0.4) is 0 Å². The fourth-order valence-electron chi connectivity index (χ4n) is 5.40. The zero-order valence-corrected chi connectivity index (χ0v) is 23.1. The summed E-state index contributed by atoms with van der Waals surface area (Å²) in [6, 6.07) is 4.19. The number of aromatic nitrogens is 2. The summed E-state index contributed by atoms with van der Waals surface area (Å²) in [6.07, 6.45) is 8.22. The van der Waals surface area contributed by atoms with E-state index in [-0.39, 0.29) is 17.2 Å². The van der Waals surface area contributed by atoms with Crippen LogP contribution in [0.2, 0.25) is 0 Å². The molecule has 6 rings (SSSR count). The normalized spacial score (nSPS) is 19.9. The van der Waals surface area contributed by atoms with Crippen LogP contribution in [-0.2, 0) is 11.2 Å². The number of primary amides is 1. The van der Waals surface area contributed by atoms with Crippen LogP contribution in [0.15, 0.2) is 39.2 Å². The Morgan fingerprint density at radius 1 is 1.21 bits per heavy atom. The Morgan fingerprint density at radius 3 is 2.82 bits per heavy atom. The lowest BCUT2D eigenvalue weighted by Crippen LogP contribution is -2.68. The number of nitrogens with two attached hydrogens (primary N) is 1. The van der Waals surface area contributed by atoms with Crippen LogP contribution in [0.1, 0.15) is 47.3 Å². The van der Waals surface area contributed by atoms with E-state index in [0.29, 0.717) is 31.3 Å². The van der Waals surface area contributed by atoms with E-state index in [9.17, 15) is 9.59 Å². The molecule has 1 saturated carbocycles. The predicted octanol–water partition coefficient (Wildman–Crippen LogP) is 2.86. The number of carbonyl (C=O) groups is 1. The molecule has 0 radical (unpaired) electrons. The molecule has 12 heteroatoms. The molecule has 5 heterocycles. The second kappa shape index (κ2) is 11.0. The Bertz CT molecular complexity index is 1560. The molecule has 0 unspecified atom stereocenters. The number of anilines is 2. The monoisotopic (exact) mass is 567 g/mol. The van der Waals surface area contributed by atoms with Crippen LogP contribution >= 0.6 is 22.9 Å². The van der Waals surface area contributed by atoms with Crippen molar-refractivity contribution in [1.29, 1.82) is 0 Å². The minimum Gasteiger partial charge on any atom is -0.459 e. The van der Waals surface area contributed by atoms with Crippen LogP contribution in [-0.4, -0.2) is 53.7 Å². The number of nitrogens with one attached hydrogen (secondary N) is 1. The molecule has 1 aliphatic carbocycles. The zero-order chi connectivity index (χ0) is 26.9. The molecular weight excluding hydrogens is 536 g/mol. The third-order valence-electron chi connectivity index (χ3n) is 7.49. The van der Waals surface area contributed by atoms with E-state index in [4.69, 9.17) is 14.9 Å². The smallest absolute Gasteiger partial charge is 0.267 e. The van der Waals surface area contributed by atoms with Gasteiger partial charge in [-0.3, -0.25) is 9.59 Å². The molecule has 0 bridgehead atoms. The molecule has 4 aromatic rings. The van der Waals surface area contributed by atoms with Crippen molar-refractivity contribution < 1.29 is 19.7 Å². The number of quaternary nitrogens is 1. The highest BCUT2D eigenvalue weighted by Gasteiger charge is 2.26. The average molecular weight is 568 g/mol. The molecule has 1 aliphatic heterocycles. The van der Waals surface area contributed by atoms with Gasteiger partial charge in [-0.15, -0.1) is 11.3 Å². The number of fused-ring (bicyclic) bond motifs is 1. The third kappa shape index (κ3) is 5.29. The Kier molecular flexibility index (Phi) is 7.34. The van der Waals surface area contributed by atoms with Crippen LogP contribution < -0.4 is 27.1 Å². The molecule has 2 aliphatic rings. The van der Waals surface area contributed by atoms with E-state index >= 15 is 0 Å². The van der Waals surface area contributed by atoms with Gasteiger partial charge in [-0.05, 0) is 41.6 Å². The first-order valence-electron chi connectivity index (χ1n) is 13.2. The number of rotatable bonds is 7.